The lowest BCUT2D eigenvalue weighted by atomic mass is 10.0. The van der Waals surface area contributed by atoms with Gasteiger partial charge in [0.25, 0.3) is 0 Å². The van der Waals surface area contributed by atoms with Gasteiger partial charge in [0.1, 0.15) is 0 Å². The fourth-order valence-electron chi connectivity index (χ4n) is 5.91. The standard InChI is InChI=1S/C40H82O4/c1-3-5-7-9-11-13-15-17-19-20-22-24-26-28-30-32-34-42-36-38-44-40-39-43-37-35-41-33-31-29-27-25-23-21-18-16-14-12-10-8-6-4-2/h3-40H2,1-2H3. The van der Waals surface area contributed by atoms with Gasteiger partial charge in [-0.05, 0) is 12.8 Å². The largest absolute Gasteiger partial charge is 0.379 e. The van der Waals surface area contributed by atoms with Crippen LogP contribution in [-0.4, -0.2) is 52.9 Å². The monoisotopic (exact) mass is 627 g/mol. The molecule has 0 amide bonds. The SMILES string of the molecule is CCCCCCCCCCCCCCCCCCOCCOCCOCCOCCCCCCCCCCCCCCCC. The molecule has 0 rings (SSSR count). The number of rotatable bonds is 41. The molecule has 0 atom stereocenters. The van der Waals surface area contributed by atoms with Crippen LogP contribution in [0.25, 0.3) is 0 Å². The van der Waals surface area contributed by atoms with E-state index in [9.17, 15) is 0 Å². The summed E-state index contributed by atoms with van der Waals surface area (Å²) in [7, 11) is 0. The summed E-state index contributed by atoms with van der Waals surface area (Å²) in [6.07, 6.45) is 42.0. The molecule has 0 saturated heterocycles. The predicted octanol–water partition coefficient (Wildman–Crippen LogP) is 12.8. The summed E-state index contributed by atoms with van der Waals surface area (Å²) in [6, 6.07) is 0. The highest BCUT2D eigenvalue weighted by Gasteiger charge is 1.97. The summed E-state index contributed by atoms with van der Waals surface area (Å²) in [4.78, 5) is 0. The summed E-state index contributed by atoms with van der Waals surface area (Å²) in [5.41, 5.74) is 0. The van der Waals surface area contributed by atoms with Crippen molar-refractivity contribution in [1.29, 1.82) is 0 Å². The van der Waals surface area contributed by atoms with Crippen molar-refractivity contribution in [3.63, 3.8) is 0 Å². The van der Waals surface area contributed by atoms with Crippen molar-refractivity contribution < 1.29 is 18.9 Å². The molecule has 0 aliphatic rings. The van der Waals surface area contributed by atoms with E-state index in [4.69, 9.17) is 18.9 Å². The van der Waals surface area contributed by atoms with Crippen LogP contribution in [0.4, 0.5) is 0 Å². The van der Waals surface area contributed by atoms with Gasteiger partial charge in [0.05, 0.1) is 39.6 Å². The molecule has 0 radical (unpaired) electrons. The Balaban J connectivity index is 3.03. The lowest BCUT2D eigenvalue weighted by molar-refractivity contribution is -0.00248. The van der Waals surface area contributed by atoms with Gasteiger partial charge in [0.2, 0.25) is 0 Å². The van der Waals surface area contributed by atoms with Crippen LogP contribution in [0, 0.1) is 0 Å². The molecule has 0 unspecified atom stereocenters. The molecule has 266 valence electrons. The fourth-order valence-corrected chi connectivity index (χ4v) is 5.91. The summed E-state index contributed by atoms with van der Waals surface area (Å²) in [5, 5.41) is 0. The van der Waals surface area contributed by atoms with E-state index in [-0.39, 0.29) is 0 Å². The summed E-state index contributed by atoms with van der Waals surface area (Å²) in [5.74, 6) is 0. The maximum absolute atomic E-state index is 5.71. The predicted molar refractivity (Wildman–Crippen MR) is 193 cm³/mol. The van der Waals surface area contributed by atoms with Crippen LogP contribution in [-0.2, 0) is 18.9 Å². The van der Waals surface area contributed by atoms with Crippen molar-refractivity contribution in [2.24, 2.45) is 0 Å². The van der Waals surface area contributed by atoms with E-state index in [0.29, 0.717) is 39.6 Å². The maximum Gasteiger partial charge on any atom is 0.0701 e. The molecule has 44 heavy (non-hydrogen) atoms. The zero-order valence-corrected chi connectivity index (χ0v) is 30.5. The first kappa shape index (κ1) is 43.8. The van der Waals surface area contributed by atoms with Crippen LogP contribution < -0.4 is 0 Å². The first-order valence-electron chi connectivity index (χ1n) is 20.2. The van der Waals surface area contributed by atoms with Gasteiger partial charge >= 0.3 is 0 Å². The molecule has 0 N–H and O–H groups in total. The number of unbranched alkanes of at least 4 members (excludes halogenated alkanes) is 28. The quantitative estimate of drug-likeness (QED) is 0.0633. The van der Waals surface area contributed by atoms with E-state index >= 15 is 0 Å². The third kappa shape index (κ3) is 41.8. The number of hydrogen-bond donors (Lipinski definition) is 0. The van der Waals surface area contributed by atoms with Crippen LogP contribution >= 0.6 is 0 Å². The second-order valence-electron chi connectivity index (χ2n) is 13.3. The Morgan fingerprint density at radius 3 is 0.545 bits per heavy atom. The van der Waals surface area contributed by atoms with Gasteiger partial charge in [0.15, 0.2) is 0 Å². The summed E-state index contributed by atoms with van der Waals surface area (Å²) >= 11 is 0. The molecule has 4 heteroatoms. The Morgan fingerprint density at radius 1 is 0.182 bits per heavy atom. The molecule has 0 bridgehead atoms. The van der Waals surface area contributed by atoms with Crippen molar-refractivity contribution in [2.45, 2.75) is 206 Å². The molecule has 0 fully saturated rings. The van der Waals surface area contributed by atoms with Crippen LogP contribution in [0.2, 0.25) is 0 Å². The van der Waals surface area contributed by atoms with Crippen LogP contribution in [0.3, 0.4) is 0 Å². The van der Waals surface area contributed by atoms with E-state index in [2.05, 4.69) is 13.8 Å². The Bertz CT molecular complexity index is 430. The van der Waals surface area contributed by atoms with Crippen molar-refractivity contribution >= 4 is 0 Å². The average Bonchev–Trinajstić information content (AvgIpc) is 3.04. The highest BCUT2D eigenvalue weighted by atomic mass is 16.6. The van der Waals surface area contributed by atoms with Crippen molar-refractivity contribution in [1.82, 2.24) is 0 Å². The average molecular weight is 627 g/mol. The Kier molecular flexibility index (Phi) is 42.7. The van der Waals surface area contributed by atoms with Crippen molar-refractivity contribution in [3.05, 3.63) is 0 Å². The Hall–Kier alpha value is -0.160. The first-order chi connectivity index (χ1) is 21.9. The molecule has 0 aromatic rings. The third-order valence-corrected chi connectivity index (χ3v) is 8.90. The zero-order chi connectivity index (χ0) is 31.7. The smallest absolute Gasteiger partial charge is 0.0701 e. The van der Waals surface area contributed by atoms with E-state index in [0.717, 1.165) is 13.2 Å². The van der Waals surface area contributed by atoms with Gasteiger partial charge in [-0.2, -0.15) is 0 Å². The van der Waals surface area contributed by atoms with Gasteiger partial charge in [0, 0.05) is 13.2 Å². The highest BCUT2D eigenvalue weighted by molar-refractivity contribution is 4.51. The number of ether oxygens (including phenoxy) is 4. The minimum Gasteiger partial charge on any atom is -0.379 e. The molecule has 0 aliphatic carbocycles. The van der Waals surface area contributed by atoms with Gasteiger partial charge < -0.3 is 18.9 Å². The minimum atomic E-state index is 0.640. The minimum absolute atomic E-state index is 0.640. The van der Waals surface area contributed by atoms with E-state index < -0.39 is 0 Å². The molecule has 0 aromatic heterocycles. The van der Waals surface area contributed by atoms with Crippen LogP contribution in [0.15, 0.2) is 0 Å². The molecule has 0 saturated carbocycles. The first-order valence-corrected chi connectivity index (χ1v) is 20.2. The second kappa shape index (κ2) is 42.8. The van der Waals surface area contributed by atoms with Crippen molar-refractivity contribution in [3.8, 4) is 0 Å². The van der Waals surface area contributed by atoms with Crippen LogP contribution in [0.5, 0.6) is 0 Å². The van der Waals surface area contributed by atoms with Crippen molar-refractivity contribution in [2.75, 3.05) is 52.9 Å². The Morgan fingerprint density at radius 2 is 0.341 bits per heavy atom. The summed E-state index contributed by atoms with van der Waals surface area (Å²) in [6.45, 7) is 10.3. The molecular formula is C40H82O4. The molecular weight excluding hydrogens is 544 g/mol. The van der Waals surface area contributed by atoms with E-state index in [1.54, 1.807) is 0 Å². The molecule has 4 nitrogen and oxygen atoms in total. The normalized spacial score (nSPS) is 11.6. The topological polar surface area (TPSA) is 36.9 Å². The van der Waals surface area contributed by atoms with Gasteiger partial charge in [-0.3, -0.25) is 0 Å². The molecule has 0 heterocycles. The van der Waals surface area contributed by atoms with E-state index in [1.165, 1.54) is 193 Å². The Labute approximate surface area is 277 Å². The fraction of sp³-hybridized carbons (Fsp3) is 1.00. The van der Waals surface area contributed by atoms with Gasteiger partial charge in [-0.15, -0.1) is 0 Å². The maximum atomic E-state index is 5.71. The molecule has 0 spiro atoms. The lowest BCUT2D eigenvalue weighted by Gasteiger charge is -2.08. The van der Waals surface area contributed by atoms with E-state index in [1.807, 2.05) is 0 Å². The third-order valence-electron chi connectivity index (χ3n) is 8.90. The van der Waals surface area contributed by atoms with Gasteiger partial charge in [-0.1, -0.05) is 194 Å². The van der Waals surface area contributed by atoms with Crippen LogP contribution in [0.1, 0.15) is 206 Å². The van der Waals surface area contributed by atoms with Gasteiger partial charge in [-0.25, -0.2) is 0 Å². The molecule has 0 aliphatic heterocycles. The highest BCUT2D eigenvalue weighted by Crippen LogP contribution is 2.14. The summed E-state index contributed by atoms with van der Waals surface area (Å²) < 4.78 is 22.6. The zero-order valence-electron chi connectivity index (χ0n) is 30.5. The second-order valence-corrected chi connectivity index (χ2v) is 13.3. The number of hydrogen-bond acceptors (Lipinski definition) is 4. The lowest BCUT2D eigenvalue weighted by Crippen LogP contribution is -2.12. The molecule has 0 aromatic carbocycles.